The quantitative estimate of drug-likeness (QED) is 0.268. The predicted molar refractivity (Wildman–Crippen MR) is 131 cm³/mol. The van der Waals surface area contributed by atoms with Gasteiger partial charge >= 0.3 is 0 Å². The second kappa shape index (κ2) is 10.4. The molecular weight excluding hydrogens is 465 g/mol. The standard InChI is InChI=1S/C23H23Cl2N5OS/c1-2-5-21-28-23(30-29-21)32-13-22(31)27-12-17(15-9-8-14(24)10-19(15)25)18-11-26-20-7-4-3-6-16(18)20/h3-4,6-11,17,26H,2,5,12-13H2,1H3,(H,27,31)(H,28,29,30)/t17-/m0/s1. The number of rotatable bonds is 9. The first-order valence-electron chi connectivity index (χ1n) is 10.4. The first kappa shape index (κ1) is 22.7. The Morgan fingerprint density at radius 3 is 2.84 bits per heavy atom. The average Bonchev–Trinajstić information content (AvgIpc) is 3.41. The lowest BCUT2D eigenvalue weighted by molar-refractivity contribution is -0.118. The summed E-state index contributed by atoms with van der Waals surface area (Å²) in [5, 5.41) is 12.9. The molecule has 1 atom stereocenters. The summed E-state index contributed by atoms with van der Waals surface area (Å²) >= 11 is 14.0. The molecule has 0 bridgehead atoms. The Kier molecular flexibility index (Phi) is 7.40. The second-order valence-corrected chi connectivity index (χ2v) is 9.20. The van der Waals surface area contributed by atoms with Gasteiger partial charge in [-0.2, -0.15) is 0 Å². The molecule has 4 rings (SSSR count). The number of hydrogen-bond donors (Lipinski definition) is 3. The summed E-state index contributed by atoms with van der Waals surface area (Å²) < 4.78 is 0. The molecule has 0 aliphatic carbocycles. The van der Waals surface area contributed by atoms with E-state index in [4.69, 9.17) is 23.2 Å². The Bertz CT molecular complexity index is 1220. The normalized spacial score (nSPS) is 12.2. The highest BCUT2D eigenvalue weighted by molar-refractivity contribution is 7.99. The van der Waals surface area contributed by atoms with Crippen LogP contribution in [0.15, 0.2) is 53.8 Å². The van der Waals surface area contributed by atoms with Gasteiger partial charge in [0.2, 0.25) is 11.1 Å². The predicted octanol–water partition coefficient (Wildman–Crippen LogP) is 5.59. The molecule has 32 heavy (non-hydrogen) atoms. The topological polar surface area (TPSA) is 86.5 Å². The average molecular weight is 488 g/mol. The third-order valence-electron chi connectivity index (χ3n) is 5.17. The van der Waals surface area contributed by atoms with Crippen LogP contribution < -0.4 is 5.32 Å². The number of thioether (sulfide) groups is 1. The highest BCUT2D eigenvalue weighted by Crippen LogP contribution is 2.35. The van der Waals surface area contributed by atoms with Crippen LogP contribution in [0.4, 0.5) is 0 Å². The molecule has 3 N–H and O–H groups in total. The van der Waals surface area contributed by atoms with Crippen molar-refractivity contribution >= 4 is 51.8 Å². The molecule has 0 saturated heterocycles. The van der Waals surface area contributed by atoms with Gasteiger partial charge in [0.05, 0.1) is 5.75 Å². The number of nitrogens with zero attached hydrogens (tertiary/aromatic N) is 2. The van der Waals surface area contributed by atoms with E-state index in [-0.39, 0.29) is 17.6 Å². The monoisotopic (exact) mass is 487 g/mol. The van der Waals surface area contributed by atoms with Crippen molar-refractivity contribution in [3.8, 4) is 0 Å². The molecule has 0 spiro atoms. The molecule has 2 aromatic carbocycles. The van der Waals surface area contributed by atoms with Gasteiger partial charge in [-0.1, -0.05) is 66.2 Å². The second-order valence-electron chi connectivity index (χ2n) is 7.42. The van der Waals surface area contributed by atoms with Crippen LogP contribution in [0.3, 0.4) is 0 Å². The van der Waals surface area contributed by atoms with Crippen molar-refractivity contribution in [3.05, 3.63) is 75.7 Å². The van der Waals surface area contributed by atoms with Crippen molar-refractivity contribution in [2.45, 2.75) is 30.8 Å². The van der Waals surface area contributed by atoms with E-state index in [1.54, 1.807) is 6.07 Å². The Morgan fingerprint density at radius 1 is 1.19 bits per heavy atom. The number of nitrogens with one attached hydrogen (secondary N) is 3. The van der Waals surface area contributed by atoms with Crippen molar-refractivity contribution in [1.82, 2.24) is 25.5 Å². The lowest BCUT2D eigenvalue weighted by Crippen LogP contribution is -2.30. The highest BCUT2D eigenvalue weighted by atomic mass is 35.5. The van der Waals surface area contributed by atoms with E-state index in [1.165, 1.54) is 11.8 Å². The van der Waals surface area contributed by atoms with E-state index < -0.39 is 0 Å². The lowest BCUT2D eigenvalue weighted by atomic mass is 9.90. The van der Waals surface area contributed by atoms with Crippen molar-refractivity contribution < 1.29 is 4.79 Å². The summed E-state index contributed by atoms with van der Waals surface area (Å²) in [6, 6.07) is 13.5. The maximum Gasteiger partial charge on any atom is 0.230 e. The van der Waals surface area contributed by atoms with Crippen molar-refractivity contribution in [2.75, 3.05) is 12.3 Å². The number of H-pyrrole nitrogens is 2. The van der Waals surface area contributed by atoms with Crippen LogP contribution in [0.25, 0.3) is 10.9 Å². The maximum absolute atomic E-state index is 12.6. The Morgan fingerprint density at radius 2 is 2.03 bits per heavy atom. The zero-order valence-electron chi connectivity index (χ0n) is 17.5. The summed E-state index contributed by atoms with van der Waals surface area (Å²) in [5.74, 6) is 0.849. The van der Waals surface area contributed by atoms with Crippen LogP contribution in [-0.4, -0.2) is 38.4 Å². The van der Waals surface area contributed by atoms with Gasteiger partial charge in [-0.05, 0) is 35.7 Å². The Balaban J connectivity index is 1.49. The van der Waals surface area contributed by atoms with Crippen LogP contribution in [0, 0.1) is 0 Å². The SMILES string of the molecule is CCCc1nc(SCC(=O)NC[C@@H](c2ccc(Cl)cc2Cl)c2c[nH]c3ccccc23)n[nH]1. The molecule has 0 fully saturated rings. The van der Waals surface area contributed by atoms with E-state index in [1.807, 2.05) is 36.5 Å². The molecule has 0 unspecified atom stereocenters. The third kappa shape index (κ3) is 5.28. The molecule has 0 saturated carbocycles. The van der Waals surface area contributed by atoms with Gasteiger partial charge < -0.3 is 10.3 Å². The number of carbonyl (C=O) groups excluding carboxylic acids is 1. The summed E-state index contributed by atoms with van der Waals surface area (Å²) in [6.07, 6.45) is 3.81. The first-order valence-corrected chi connectivity index (χ1v) is 12.1. The van der Waals surface area contributed by atoms with E-state index in [0.29, 0.717) is 21.7 Å². The molecule has 2 aromatic heterocycles. The van der Waals surface area contributed by atoms with Gasteiger partial charge in [0.25, 0.3) is 0 Å². The van der Waals surface area contributed by atoms with Crippen LogP contribution >= 0.6 is 35.0 Å². The fraction of sp³-hybridized carbons (Fsp3) is 0.261. The number of aryl methyl sites for hydroxylation is 1. The minimum atomic E-state index is -0.135. The zero-order valence-corrected chi connectivity index (χ0v) is 19.8. The summed E-state index contributed by atoms with van der Waals surface area (Å²) in [4.78, 5) is 20.3. The van der Waals surface area contributed by atoms with Crippen LogP contribution in [0.5, 0.6) is 0 Å². The van der Waals surface area contributed by atoms with Crippen molar-refractivity contribution in [3.63, 3.8) is 0 Å². The molecule has 1 amide bonds. The molecule has 0 aliphatic heterocycles. The van der Waals surface area contributed by atoms with Gasteiger partial charge in [0.1, 0.15) is 5.82 Å². The van der Waals surface area contributed by atoms with Crippen molar-refractivity contribution in [1.29, 1.82) is 0 Å². The summed E-state index contributed by atoms with van der Waals surface area (Å²) in [7, 11) is 0. The zero-order chi connectivity index (χ0) is 22.5. The molecule has 0 aliphatic rings. The van der Waals surface area contributed by atoms with Crippen LogP contribution in [-0.2, 0) is 11.2 Å². The first-order chi connectivity index (χ1) is 15.5. The van der Waals surface area contributed by atoms with Gasteiger partial charge in [0, 0.05) is 46.0 Å². The molecule has 0 radical (unpaired) electrons. The van der Waals surface area contributed by atoms with Crippen LogP contribution in [0.1, 0.15) is 36.2 Å². The Hall–Kier alpha value is -2.48. The molecule has 4 aromatic rings. The molecular formula is C23H23Cl2N5OS. The fourth-order valence-corrected chi connectivity index (χ4v) is 4.83. The fourth-order valence-electron chi connectivity index (χ4n) is 3.64. The number of fused-ring (bicyclic) bond motifs is 1. The number of benzene rings is 2. The van der Waals surface area contributed by atoms with E-state index >= 15 is 0 Å². The minimum Gasteiger partial charge on any atom is -0.361 e. The number of aromatic amines is 2. The maximum atomic E-state index is 12.6. The third-order valence-corrected chi connectivity index (χ3v) is 6.58. The number of hydrogen-bond acceptors (Lipinski definition) is 4. The minimum absolute atomic E-state index is 0.0910. The van der Waals surface area contributed by atoms with Crippen molar-refractivity contribution in [2.24, 2.45) is 0 Å². The number of aromatic nitrogens is 4. The number of amides is 1. The molecule has 9 heteroatoms. The summed E-state index contributed by atoms with van der Waals surface area (Å²) in [5.41, 5.74) is 3.01. The number of halogens is 2. The largest absolute Gasteiger partial charge is 0.361 e. The van der Waals surface area contributed by atoms with Gasteiger partial charge in [-0.25, -0.2) is 4.98 Å². The molecule has 2 heterocycles. The molecule has 166 valence electrons. The molecule has 6 nitrogen and oxygen atoms in total. The van der Waals surface area contributed by atoms with Gasteiger partial charge in [0.15, 0.2) is 0 Å². The highest BCUT2D eigenvalue weighted by Gasteiger charge is 2.21. The van der Waals surface area contributed by atoms with E-state index in [0.717, 1.165) is 40.7 Å². The summed E-state index contributed by atoms with van der Waals surface area (Å²) in [6.45, 7) is 2.48. The van der Waals surface area contributed by atoms with E-state index in [2.05, 4.69) is 38.5 Å². The van der Waals surface area contributed by atoms with E-state index in [9.17, 15) is 4.79 Å². The van der Waals surface area contributed by atoms with Gasteiger partial charge in [-0.3, -0.25) is 9.89 Å². The lowest BCUT2D eigenvalue weighted by Gasteiger charge is -2.19. The van der Waals surface area contributed by atoms with Gasteiger partial charge in [-0.15, -0.1) is 5.10 Å². The smallest absolute Gasteiger partial charge is 0.230 e. The Labute approximate surface area is 200 Å². The van der Waals surface area contributed by atoms with Crippen LogP contribution in [0.2, 0.25) is 10.0 Å². The number of para-hydroxylation sites is 1. The number of carbonyl (C=O) groups is 1.